The van der Waals surface area contributed by atoms with Gasteiger partial charge in [0, 0.05) is 38.7 Å². The quantitative estimate of drug-likeness (QED) is 0.185. The average molecular weight is 685 g/mol. The zero-order valence-electron chi connectivity index (χ0n) is 29.1. The minimum absolute atomic E-state index is 0.111. The van der Waals surface area contributed by atoms with E-state index in [1.165, 1.54) is 22.5 Å². The number of anilines is 3. The van der Waals surface area contributed by atoms with Gasteiger partial charge < -0.3 is 18.3 Å². The summed E-state index contributed by atoms with van der Waals surface area (Å²) in [5.74, 6) is 1.19. The Hall–Kier alpha value is -6.92. The molecule has 53 heavy (non-hydrogen) atoms. The summed E-state index contributed by atoms with van der Waals surface area (Å²) in [6.45, 7) is 4.64. The molecule has 0 saturated carbocycles. The molecule has 0 amide bonds. The van der Waals surface area contributed by atoms with Crippen LogP contribution in [0.25, 0.3) is 72.6 Å². The highest BCUT2D eigenvalue weighted by molar-refractivity contribution is 6.11. The number of oxazole rings is 2. The number of para-hydroxylation sites is 6. The third-order valence-corrected chi connectivity index (χ3v) is 10.8. The SMILES string of the molecule is CC1(C)c2ccccc2N(c2ccc(-n3c4ccc(-c5nc6ccccc6o5)cc4c4cc(-c5nc6ccccc6o5)ccc43)cc2)c2ccccc21. The molecule has 0 spiro atoms. The third-order valence-electron chi connectivity index (χ3n) is 10.8. The molecule has 0 saturated heterocycles. The second kappa shape index (κ2) is 11.0. The third kappa shape index (κ3) is 4.45. The normalized spacial score (nSPS) is 13.6. The monoisotopic (exact) mass is 684 g/mol. The lowest BCUT2D eigenvalue weighted by Crippen LogP contribution is -2.30. The van der Waals surface area contributed by atoms with Crippen molar-refractivity contribution in [2.45, 2.75) is 19.3 Å². The molecule has 1 aliphatic rings. The first-order valence-electron chi connectivity index (χ1n) is 17.9. The standard InChI is InChI=1S/C47H32N4O2/c1-47(2)35-11-3-7-15-41(35)51(42-16-8-4-12-36(42)47)32-23-21-31(22-24-32)50-39-25-19-29(45-48-37-13-5-9-17-43(37)52-45)27-33(39)34-28-30(20-26-40(34)50)46-49-38-14-6-10-18-44(38)53-46/h3-28H,1-2H3. The number of aromatic nitrogens is 3. The predicted molar refractivity (Wildman–Crippen MR) is 214 cm³/mol. The van der Waals surface area contributed by atoms with Crippen molar-refractivity contribution >= 4 is 61.1 Å². The van der Waals surface area contributed by atoms with Gasteiger partial charge in [-0.1, -0.05) is 74.5 Å². The summed E-state index contributed by atoms with van der Waals surface area (Å²) in [5.41, 5.74) is 14.3. The molecule has 6 heteroatoms. The maximum atomic E-state index is 6.22. The van der Waals surface area contributed by atoms with E-state index in [4.69, 9.17) is 18.8 Å². The van der Waals surface area contributed by atoms with Crippen LogP contribution in [0.4, 0.5) is 17.1 Å². The Morgan fingerprint density at radius 1 is 0.472 bits per heavy atom. The summed E-state index contributed by atoms with van der Waals surface area (Å²) in [4.78, 5) is 12.0. The lowest BCUT2D eigenvalue weighted by molar-refractivity contribution is 0.619. The zero-order chi connectivity index (χ0) is 35.3. The smallest absolute Gasteiger partial charge is 0.227 e. The minimum Gasteiger partial charge on any atom is -0.436 e. The molecule has 6 nitrogen and oxygen atoms in total. The number of hydrogen-bond donors (Lipinski definition) is 0. The summed E-state index contributed by atoms with van der Waals surface area (Å²) in [5, 5.41) is 2.17. The molecule has 4 heterocycles. The van der Waals surface area contributed by atoms with Crippen LogP contribution in [0.2, 0.25) is 0 Å². The van der Waals surface area contributed by atoms with Crippen molar-refractivity contribution in [3.8, 4) is 28.6 Å². The Kier molecular flexibility index (Phi) is 6.20. The fourth-order valence-corrected chi connectivity index (χ4v) is 8.26. The number of fused-ring (bicyclic) bond motifs is 7. The van der Waals surface area contributed by atoms with E-state index in [1.807, 2.05) is 48.5 Å². The van der Waals surface area contributed by atoms with Crippen molar-refractivity contribution in [2.24, 2.45) is 0 Å². The average Bonchev–Trinajstić information content (AvgIpc) is 3.92. The maximum Gasteiger partial charge on any atom is 0.227 e. The topological polar surface area (TPSA) is 60.2 Å². The summed E-state index contributed by atoms with van der Waals surface area (Å²) in [6.07, 6.45) is 0. The number of nitrogens with zero attached hydrogens (tertiary/aromatic N) is 4. The van der Waals surface area contributed by atoms with E-state index in [-0.39, 0.29) is 5.41 Å². The van der Waals surface area contributed by atoms with Crippen molar-refractivity contribution < 1.29 is 8.83 Å². The van der Waals surface area contributed by atoms with Crippen LogP contribution in [0.5, 0.6) is 0 Å². The molecule has 10 aromatic rings. The molecule has 11 rings (SSSR count). The summed E-state index contributed by atoms with van der Waals surface area (Å²) in [6, 6.07) is 55.1. The lowest BCUT2D eigenvalue weighted by Gasteiger charge is -2.42. The molecule has 3 aromatic heterocycles. The van der Waals surface area contributed by atoms with E-state index in [2.05, 4.69) is 133 Å². The van der Waals surface area contributed by atoms with Crippen LogP contribution in [0.1, 0.15) is 25.0 Å². The van der Waals surface area contributed by atoms with Crippen molar-refractivity contribution in [1.29, 1.82) is 0 Å². The van der Waals surface area contributed by atoms with Gasteiger partial charge in [0.1, 0.15) is 11.0 Å². The van der Waals surface area contributed by atoms with Gasteiger partial charge in [0.2, 0.25) is 11.8 Å². The molecule has 0 N–H and O–H groups in total. The van der Waals surface area contributed by atoms with Crippen LogP contribution >= 0.6 is 0 Å². The highest BCUT2D eigenvalue weighted by Gasteiger charge is 2.36. The second-order valence-electron chi connectivity index (χ2n) is 14.3. The summed E-state index contributed by atoms with van der Waals surface area (Å²) in [7, 11) is 0. The van der Waals surface area contributed by atoms with E-state index in [9.17, 15) is 0 Å². The van der Waals surface area contributed by atoms with Gasteiger partial charge >= 0.3 is 0 Å². The van der Waals surface area contributed by atoms with Gasteiger partial charge in [-0.3, -0.25) is 0 Å². The largest absolute Gasteiger partial charge is 0.436 e. The van der Waals surface area contributed by atoms with Crippen LogP contribution in [-0.2, 0) is 5.41 Å². The molecule has 0 aliphatic carbocycles. The molecule has 0 bridgehead atoms. The second-order valence-corrected chi connectivity index (χ2v) is 14.3. The van der Waals surface area contributed by atoms with Crippen molar-refractivity contribution in [3.63, 3.8) is 0 Å². The number of benzene rings is 7. The van der Waals surface area contributed by atoms with Crippen LogP contribution in [-0.4, -0.2) is 14.5 Å². The van der Waals surface area contributed by atoms with Gasteiger partial charge in [-0.2, -0.15) is 0 Å². The molecule has 1 aliphatic heterocycles. The first-order chi connectivity index (χ1) is 26.0. The molecular formula is C47H32N4O2. The lowest BCUT2D eigenvalue weighted by atomic mass is 9.73. The zero-order valence-corrected chi connectivity index (χ0v) is 29.1. The predicted octanol–water partition coefficient (Wildman–Crippen LogP) is 12.5. The molecule has 0 fully saturated rings. The van der Waals surface area contributed by atoms with Crippen molar-refractivity contribution in [3.05, 3.63) is 169 Å². The number of rotatable bonds is 4. The Labute approximate surface area is 305 Å². The first-order valence-corrected chi connectivity index (χ1v) is 17.9. The maximum absolute atomic E-state index is 6.22. The molecular weight excluding hydrogens is 653 g/mol. The van der Waals surface area contributed by atoms with E-state index >= 15 is 0 Å². The van der Waals surface area contributed by atoms with Gasteiger partial charge in [-0.15, -0.1) is 0 Å². The van der Waals surface area contributed by atoms with Crippen LogP contribution in [0.15, 0.2) is 167 Å². The first kappa shape index (κ1) is 29.8. The van der Waals surface area contributed by atoms with Gasteiger partial charge in [0.25, 0.3) is 0 Å². The molecule has 252 valence electrons. The van der Waals surface area contributed by atoms with Crippen LogP contribution < -0.4 is 4.90 Å². The Balaban J connectivity index is 1.08. The van der Waals surface area contributed by atoms with E-state index in [1.54, 1.807) is 0 Å². The molecule has 0 unspecified atom stereocenters. The van der Waals surface area contributed by atoms with Crippen molar-refractivity contribution in [1.82, 2.24) is 14.5 Å². The Bertz CT molecular complexity index is 2810. The summed E-state index contributed by atoms with van der Waals surface area (Å²) < 4.78 is 14.8. The summed E-state index contributed by atoms with van der Waals surface area (Å²) >= 11 is 0. The fraction of sp³-hybridized carbons (Fsp3) is 0.0638. The van der Waals surface area contributed by atoms with Crippen LogP contribution in [0, 0.1) is 0 Å². The molecule has 0 atom stereocenters. The minimum atomic E-state index is -0.111. The van der Waals surface area contributed by atoms with Gasteiger partial charge in [0.05, 0.1) is 22.4 Å². The van der Waals surface area contributed by atoms with Gasteiger partial charge in [-0.25, -0.2) is 9.97 Å². The number of hydrogen-bond acceptors (Lipinski definition) is 5. The Morgan fingerprint density at radius 3 is 1.43 bits per heavy atom. The Morgan fingerprint density at radius 2 is 0.925 bits per heavy atom. The van der Waals surface area contributed by atoms with Crippen molar-refractivity contribution in [2.75, 3.05) is 4.90 Å². The fourth-order valence-electron chi connectivity index (χ4n) is 8.26. The van der Waals surface area contributed by atoms with E-state index < -0.39 is 0 Å². The van der Waals surface area contributed by atoms with Gasteiger partial charge in [-0.05, 0) is 108 Å². The van der Waals surface area contributed by atoms with Gasteiger partial charge in [0.15, 0.2) is 11.2 Å². The van der Waals surface area contributed by atoms with Crippen LogP contribution in [0.3, 0.4) is 0 Å². The highest BCUT2D eigenvalue weighted by Crippen LogP contribution is 2.51. The molecule has 0 radical (unpaired) electrons. The highest BCUT2D eigenvalue weighted by atomic mass is 16.4. The van der Waals surface area contributed by atoms with E-state index in [0.717, 1.165) is 66.5 Å². The molecule has 7 aromatic carbocycles. The van der Waals surface area contributed by atoms with E-state index in [0.29, 0.717) is 11.8 Å².